The molecule has 0 unspecified atom stereocenters. The molecule has 0 spiro atoms. The van der Waals surface area contributed by atoms with Gasteiger partial charge in [0.05, 0.1) is 6.10 Å². The van der Waals surface area contributed by atoms with Gasteiger partial charge in [-0.1, -0.05) is 19.3 Å². The molecule has 2 rings (SSSR count). The highest BCUT2D eigenvalue weighted by Crippen LogP contribution is 2.20. The first-order chi connectivity index (χ1) is 6.84. The number of rotatable bonds is 3. The van der Waals surface area contributed by atoms with Crippen molar-refractivity contribution in [3.8, 4) is 0 Å². The molecule has 0 saturated heterocycles. The van der Waals surface area contributed by atoms with Gasteiger partial charge >= 0.3 is 0 Å². The third-order valence-electron chi connectivity index (χ3n) is 2.66. The van der Waals surface area contributed by atoms with Crippen LogP contribution in [0.25, 0.3) is 0 Å². The van der Waals surface area contributed by atoms with Crippen LogP contribution in [0.4, 0.5) is 5.82 Å². The molecule has 0 aromatic carbocycles. The molecule has 78 valence electrons. The molecule has 1 aliphatic carbocycles. The predicted octanol–water partition coefficient (Wildman–Crippen LogP) is 1.77. The van der Waals surface area contributed by atoms with Crippen molar-refractivity contribution < 1.29 is 4.74 Å². The Bertz CT molecular complexity index is 279. The number of hydrogen-bond acceptors (Lipinski definition) is 3. The Morgan fingerprint density at radius 1 is 1.43 bits per heavy atom. The fourth-order valence-electron chi connectivity index (χ4n) is 1.86. The van der Waals surface area contributed by atoms with Gasteiger partial charge in [-0.05, 0) is 12.8 Å². The van der Waals surface area contributed by atoms with Gasteiger partial charge in [0.2, 0.25) is 0 Å². The fraction of sp³-hybridized carbons (Fsp3) is 0.700. The summed E-state index contributed by atoms with van der Waals surface area (Å²) in [5, 5.41) is 4.06. The van der Waals surface area contributed by atoms with Gasteiger partial charge in [0.1, 0.15) is 12.5 Å². The van der Waals surface area contributed by atoms with Crippen molar-refractivity contribution in [1.82, 2.24) is 9.78 Å². The highest BCUT2D eigenvalue weighted by Gasteiger charge is 2.13. The SMILES string of the molecule is Nc1ccn(COC2CCCCC2)n1. The van der Waals surface area contributed by atoms with Crippen LogP contribution in [0.5, 0.6) is 0 Å². The average Bonchev–Trinajstić information content (AvgIpc) is 2.63. The molecule has 0 amide bonds. The van der Waals surface area contributed by atoms with E-state index < -0.39 is 0 Å². The Labute approximate surface area is 84.0 Å². The summed E-state index contributed by atoms with van der Waals surface area (Å²) in [6.45, 7) is 0.530. The molecule has 2 N–H and O–H groups in total. The number of hydrogen-bond donors (Lipinski definition) is 1. The molecule has 1 fully saturated rings. The van der Waals surface area contributed by atoms with Crippen LogP contribution in [0.1, 0.15) is 32.1 Å². The van der Waals surface area contributed by atoms with Crippen molar-refractivity contribution in [3.05, 3.63) is 12.3 Å². The van der Waals surface area contributed by atoms with Crippen LogP contribution < -0.4 is 5.73 Å². The van der Waals surface area contributed by atoms with Crippen molar-refractivity contribution in [2.75, 3.05) is 5.73 Å². The molecule has 1 heterocycles. The second-order valence-corrected chi connectivity index (χ2v) is 3.84. The first-order valence-electron chi connectivity index (χ1n) is 5.25. The number of ether oxygens (including phenoxy) is 1. The van der Waals surface area contributed by atoms with Gasteiger partial charge in [0.25, 0.3) is 0 Å². The van der Waals surface area contributed by atoms with Crippen LogP contribution in [0.15, 0.2) is 12.3 Å². The van der Waals surface area contributed by atoms with E-state index >= 15 is 0 Å². The molecule has 0 atom stereocenters. The highest BCUT2D eigenvalue weighted by atomic mass is 16.5. The standard InChI is InChI=1S/C10H17N3O/c11-10-6-7-13(12-10)8-14-9-4-2-1-3-5-9/h6-7,9H,1-5,8H2,(H2,11,12). The zero-order valence-corrected chi connectivity index (χ0v) is 8.35. The number of aromatic nitrogens is 2. The van der Waals surface area contributed by atoms with Gasteiger partial charge in [-0.2, -0.15) is 5.10 Å². The minimum Gasteiger partial charge on any atom is -0.382 e. The Morgan fingerprint density at radius 2 is 2.21 bits per heavy atom. The van der Waals surface area contributed by atoms with Crippen LogP contribution in [-0.4, -0.2) is 15.9 Å². The van der Waals surface area contributed by atoms with Gasteiger partial charge in [0.15, 0.2) is 0 Å². The van der Waals surface area contributed by atoms with E-state index in [0.717, 1.165) is 0 Å². The van der Waals surface area contributed by atoms with Gasteiger partial charge in [0, 0.05) is 12.3 Å². The van der Waals surface area contributed by atoms with Crippen molar-refractivity contribution in [2.24, 2.45) is 0 Å². The molecule has 1 aliphatic rings. The number of anilines is 1. The van der Waals surface area contributed by atoms with Crippen molar-refractivity contribution >= 4 is 5.82 Å². The predicted molar refractivity (Wildman–Crippen MR) is 54.6 cm³/mol. The summed E-state index contributed by atoms with van der Waals surface area (Å²) >= 11 is 0. The van der Waals surface area contributed by atoms with Crippen molar-refractivity contribution in [2.45, 2.75) is 44.9 Å². The van der Waals surface area contributed by atoms with Crippen molar-refractivity contribution in [3.63, 3.8) is 0 Å². The Balaban J connectivity index is 1.76. The minimum absolute atomic E-state index is 0.425. The van der Waals surface area contributed by atoms with E-state index in [1.807, 2.05) is 6.20 Å². The molecule has 1 aromatic rings. The van der Waals surface area contributed by atoms with E-state index in [4.69, 9.17) is 10.5 Å². The molecule has 0 bridgehead atoms. The maximum absolute atomic E-state index is 5.73. The summed E-state index contributed by atoms with van der Waals surface area (Å²) in [7, 11) is 0. The van der Waals surface area contributed by atoms with E-state index in [2.05, 4.69) is 5.10 Å². The van der Waals surface area contributed by atoms with Crippen LogP contribution in [0.2, 0.25) is 0 Å². The van der Waals surface area contributed by atoms with Gasteiger partial charge in [-0.3, -0.25) is 0 Å². The molecule has 14 heavy (non-hydrogen) atoms. The number of nitrogens with two attached hydrogens (primary N) is 1. The van der Waals surface area contributed by atoms with Crippen LogP contribution >= 0.6 is 0 Å². The second kappa shape index (κ2) is 4.46. The summed E-state index contributed by atoms with van der Waals surface area (Å²) in [6.07, 6.45) is 8.60. The summed E-state index contributed by atoms with van der Waals surface area (Å²) in [6, 6.07) is 1.78. The maximum atomic E-state index is 5.73. The molecule has 1 saturated carbocycles. The molecule has 0 radical (unpaired) electrons. The van der Waals surface area contributed by atoms with Crippen LogP contribution in [-0.2, 0) is 11.5 Å². The molecule has 4 nitrogen and oxygen atoms in total. The highest BCUT2D eigenvalue weighted by molar-refractivity contribution is 5.23. The normalized spacial score (nSPS) is 18.6. The average molecular weight is 195 g/mol. The third-order valence-corrected chi connectivity index (χ3v) is 2.66. The van der Waals surface area contributed by atoms with E-state index in [1.165, 1.54) is 32.1 Å². The Kier molecular flexibility index (Phi) is 3.03. The lowest BCUT2D eigenvalue weighted by Gasteiger charge is -2.21. The molecule has 1 aromatic heterocycles. The summed E-state index contributed by atoms with van der Waals surface area (Å²) in [4.78, 5) is 0. The molecule has 4 heteroatoms. The molecule has 0 aliphatic heterocycles. The van der Waals surface area contributed by atoms with E-state index in [-0.39, 0.29) is 0 Å². The lowest BCUT2D eigenvalue weighted by molar-refractivity contribution is -0.0176. The van der Waals surface area contributed by atoms with Crippen LogP contribution in [0, 0.1) is 0 Å². The van der Waals surface area contributed by atoms with Crippen molar-refractivity contribution in [1.29, 1.82) is 0 Å². The zero-order chi connectivity index (χ0) is 9.80. The lowest BCUT2D eigenvalue weighted by Crippen LogP contribution is -2.18. The van der Waals surface area contributed by atoms with Crippen LogP contribution in [0.3, 0.4) is 0 Å². The van der Waals surface area contributed by atoms with Gasteiger partial charge in [-0.15, -0.1) is 0 Å². The third kappa shape index (κ3) is 2.48. The quantitative estimate of drug-likeness (QED) is 0.799. The zero-order valence-electron chi connectivity index (χ0n) is 8.35. The Morgan fingerprint density at radius 3 is 2.86 bits per heavy atom. The number of nitrogens with zero attached hydrogens (tertiary/aromatic N) is 2. The summed E-state index contributed by atoms with van der Waals surface area (Å²) in [5.41, 5.74) is 5.50. The van der Waals surface area contributed by atoms with E-state index in [0.29, 0.717) is 18.7 Å². The molecular formula is C10H17N3O. The lowest BCUT2D eigenvalue weighted by atomic mass is 9.98. The number of nitrogen functional groups attached to an aromatic ring is 1. The maximum Gasteiger partial charge on any atom is 0.145 e. The van der Waals surface area contributed by atoms with Gasteiger partial charge in [-0.25, -0.2) is 4.68 Å². The largest absolute Gasteiger partial charge is 0.382 e. The van der Waals surface area contributed by atoms with Gasteiger partial charge < -0.3 is 10.5 Å². The monoisotopic (exact) mass is 195 g/mol. The smallest absolute Gasteiger partial charge is 0.145 e. The second-order valence-electron chi connectivity index (χ2n) is 3.84. The fourth-order valence-corrected chi connectivity index (χ4v) is 1.86. The molecular weight excluding hydrogens is 178 g/mol. The topological polar surface area (TPSA) is 53.1 Å². The summed E-state index contributed by atoms with van der Waals surface area (Å²) in [5.74, 6) is 0.553. The van der Waals surface area contributed by atoms with E-state index in [9.17, 15) is 0 Å². The van der Waals surface area contributed by atoms with E-state index in [1.54, 1.807) is 10.7 Å². The first-order valence-corrected chi connectivity index (χ1v) is 5.25. The Hall–Kier alpha value is -1.03. The first kappa shape index (κ1) is 9.52. The summed E-state index contributed by atoms with van der Waals surface area (Å²) < 4.78 is 7.47. The minimum atomic E-state index is 0.425.